The second-order valence-electron chi connectivity index (χ2n) is 5.42. The van der Waals surface area contributed by atoms with Crippen molar-refractivity contribution < 1.29 is 22.0 Å². The first-order chi connectivity index (χ1) is 12.2. The topological polar surface area (TPSA) is 76.1 Å². The van der Waals surface area contributed by atoms with Crippen LogP contribution in [0.4, 0.5) is 13.9 Å². The van der Waals surface area contributed by atoms with Crippen molar-refractivity contribution in [2.75, 3.05) is 11.6 Å². The summed E-state index contributed by atoms with van der Waals surface area (Å²) in [5, 5.41) is 4.18. The fourth-order valence-electron chi connectivity index (χ4n) is 2.19. The van der Waals surface area contributed by atoms with Crippen LogP contribution < -0.4 is 5.32 Å². The summed E-state index contributed by atoms with van der Waals surface area (Å²) in [4.78, 5) is 16.4. The number of sulfone groups is 1. The van der Waals surface area contributed by atoms with Gasteiger partial charge in [0.1, 0.15) is 11.6 Å². The van der Waals surface area contributed by atoms with Gasteiger partial charge in [0.15, 0.2) is 15.0 Å². The fourth-order valence-corrected chi connectivity index (χ4v) is 3.56. The van der Waals surface area contributed by atoms with Crippen LogP contribution >= 0.6 is 11.3 Å². The molecule has 5 nitrogen and oxygen atoms in total. The van der Waals surface area contributed by atoms with Crippen molar-refractivity contribution in [2.24, 2.45) is 0 Å². The second-order valence-corrected chi connectivity index (χ2v) is 8.29. The van der Waals surface area contributed by atoms with Crippen LogP contribution in [0.1, 0.15) is 10.4 Å². The van der Waals surface area contributed by atoms with E-state index >= 15 is 0 Å². The van der Waals surface area contributed by atoms with Gasteiger partial charge in [-0.2, -0.15) is 0 Å². The molecule has 0 saturated heterocycles. The lowest BCUT2D eigenvalue weighted by Gasteiger charge is -2.04. The zero-order chi connectivity index (χ0) is 18.9. The molecule has 26 heavy (non-hydrogen) atoms. The lowest BCUT2D eigenvalue weighted by atomic mass is 10.1. The maximum atomic E-state index is 13.8. The van der Waals surface area contributed by atoms with Crippen molar-refractivity contribution in [3.8, 4) is 11.3 Å². The molecule has 0 aliphatic carbocycles. The van der Waals surface area contributed by atoms with Gasteiger partial charge in [-0.1, -0.05) is 6.07 Å². The number of hydrogen-bond donors (Lipinski definition) is 1. The van der Waals surface area contributed by atoms with Gasteiger partial charge in [0.05, 0.1) is 10.6 Å². The van der Waals surface area contributed by atoms with E-state index in [0.29, 0.717) is 0 Å². The van der Waals surface area contributed by atoms with Gasteiger partial charge in [-0.25, -0.2) is 22.2 Å². The van der Waals surface area contributed by atoms with Crippen molar-refractivity contribution in [1.29, 1.82) is 0 Å². The molecule has 2 aromatic carbocycles. The Morgan fingerprint density at radius 2 is 1.92 bits per heavy atom. The molecule has 0 spiro atoms. The molecule has 3 aromatic rings. The number of anilines is 1. The van der Waals surface area contributed by atoms with Crippen LogP contribution in [-0.2, 0) is 9.84 Å². The Bertz CT molecular complexity index is 1090. The van der Waals surface area contributed by atoms with Gasteiger partial charge >= 0.3 is 0 Å². The standard InChI is InChI=1S/C17H12F2N2O3S2/c1-26(23,24)12-4-2-3-10(7-12)16(22)21-17-20-15(9-25-17)13-8-11(18)5-6-14(13)19/h2-9H,1H3,(H,20,21,22). The van der Waals surface area contributed by atoms with Crippen molar-refractivity contribution in [3.63, 3.8) is 0 Å². The molecule has 0 bridgehead atoms. The van der Waals surface area contributed by atoms with E-state index in [1.54, 1.807) is 0 Å². The van der Waals surface area contributed by atoms with Gasteiger partial charge in [0.2, 0.25) is 0 Å². The average molecular weight is 394 g/mol. The average Bonchev–Trinajstić information content (AvgIpc) is 3.04. The first-order valence-corrected chi connectivity index (χ1v) is 10.0. The number of aromatic nitrogens is 1. The maximum absolute atomic E-state index is 13.8. The zero-order valence-electron chi connectivity index (χ0n) is 13.4. The van der Waals surface area contributed by atoms with E-state index in [0.717, 1.165) is 35.8 Å². The number of halogens is 2. The summed E-state index contributed by atoms with van der Waals surface area (Å²) in [6.45, 7) is 0. The molecule has 1 N–H and O–H groups in total. The van der Waals surface area contributed by atoms with Crippen molar-refractivity contribution >= 4 is 32.2 Å². The first-order valence-electron chi connectivity index (χ1n) is 7.26. The molecular weight excluding hydrogens is 382 g/mol. The smallest absolute Gasteiger partial charge is 0.257 e. The Kier molecular flexibility index (Phi) is 4.84. The Hall–Kier alpha value is -2.65. The minimum absolute atomic E-state index is 0.0131. The largest absolute Gasteiger partial charge is 0.298 e. The summed E-state index contributed by atoms with van der Waals surface area (Å²) in [7, 11) is -3.44. The molecule has 9 heteroatoms. The van der Waals surface area contributed by atoms with Crippen LogP contribution in [0.15, 0.2) is 52.7 Å². The van der Waals surface area contributed by atoms with Crippen molar-refractivity contribution in [1.82, 2.24) is 4.98 Å². The number of amides is 1. The quantitative estimate of drug-likeness (QED) is 0.731. The molecule has 3 rings (SSSR count). The van der Waals surface area contributed by atoms with E-state index in [2.05, 4.69) is 10.3 Å². The van der Waals surface area contributed by atoms with Gasteiger partial charge in [0, 0.05) is 22.8 Å². The van der Waals surface area contributed by atoms with Crippen molar-refractivity contribution in [2.45, 2.75) is 4.90 Å². The summed E-state index contributed by atoms with van der Waals surface area (Å²) >= 11 is 1.04. The molecule has 1 heterocycles. The maximum Gasteiger partial charge on any atom is 0.257 e. The number of thiazole rings is 1. The molecular formula is C17H12F2N2O3S2. The molecule has 0 unspecified atom stereocenters. The molecule has 1 amide bonds. The number of hydrogen-bond acceptors (Lipinski definition) is 5. The number of carbonyl (C=O) groups is 1. The summed E-state index contributed by atoms with van der Waals surface area (Å²) in [6, 6.07) is 8.59. The number of benzene rings is 2. The fraction of sp³-hybridized carbons (Fsp3) is 0.0588. The SMILES string of the molecule is CS(=O)(=O)c1cccc(C(=O)Nc2nc(-c3cc(F)ccc3F)cs2)c1. The number of rotatable bonds is 4. The highest BCUT2D eigenvalue weighted by Crippen LogP contribution is 2.28. The Labute approximate surface area is 152 Å². The number of nitrogens with zero attached hydrogens (tertiary/aromatic N) is 1. The molecule has 0 saturated carbocycles. The van der Waals surface area contributed by atoms with Crippen LogP contribution in [0.3, 0.4) is 0 Å². The number of carbonyl (C=O) groups excluding carboxylic acids is 1. The Morgan fingerprint density at radius 1 is 1.15 bits per heavy atom. The monoisotopic (exact) mass is 394 g/mol. The third kappa shape index (κ3) is 3.94. The minimum atomic E-state index is -3.44. The Morgan fingerprint density at radius 3 is 2.65 bits per heavy atom. The molecule has 0 radical (unpaired) electrons. The summed E-state index contributed by atoms with van der Waals surface area (Å²) in [6.07, 6.45) is 1.05. The molecule has 0 atom stereocenters. The lowest BCUT2D eigenvalue weighted by Crippen LogP contribution is -2.12. The molecule has 0 aliphatic rings. The van der Waals surface area contributed by atoms with E-state index in [4.69, 9.17) is 0 Å². The van der Waals surface area contributed by atoms with Crippen molar-refractivity contribution in [3.05, 3.63) is 65.0 Å². The normalized spacial score (nSPS) is 11.3. The highest BCUT2D eigenvalue weighted by Gasteiger charge is 2.15. The minimum Gasteiger partial charge on any atom is -0.298 e. The summed E-state index contributed by atoms with van der Waals surface area (Å²) < 4.78 is 50.3. The van der Waals surface area contributed by atoms with E-state index in [9.17, 15) is 22.0 Å². The zero-order valence-corrected chi connectivity index (χ0v) is 15.0. The van der Waals surface area contributed by atoms with Crippen LogP contribution in [0.25, 0.3) is 11.3 Å². The summed E-state index contributed by atoms with van der Waals surface area (Å²) in [5.74, 6) is -1.79. The van der Waals surface area contributed by atoms with Gasteiger partial charge in [-0.3, -0.25) is 10.1 Å². The first kappa shape index (κ1) is 18.2. The predicted octanol–water partition coefficient (Wildman–Crippen LogP) is 3.74. The molecule has 134 valence electrons. The molecule has 0 aliphatic heterocycles. The highest BCUT2D eigenvalue weighted by atomic mass is 32.2. The van der Waals surface area contributed by atoms with Crippen LogP contribution in [-0.4, -0.2) is 25.6 Å². The lowest BCUT2D eigenvalue weighted by molar-refractivity contribution is 0.102. The van der Waals surface area contributed by atoms with E-state index in [-0.39, 0.29) is 26.8 Å². The van der Waals surface area contributed by atoms with E-state index in [1.807, 2.05) is 0 Å². The molecule has 0 fully saturated rings. The highest BCUT2D eigenvalue weighted by molar-refractivity contribution is 7.90. The van der Waals surface area contributed by atoms with Gasteiger partial charge in [-0.15, -0.1) is 11.3 Å². The van der Waals surface area contributed by atoms with Gasteiger partial charge in [-0.05, 0) is 36.4 Å². The van der Waals surface area contributed by atoms with Gasteiger partial charge < -0.3 is 0 Å². The Balaban J connectivity index is 1.83. The third-order valence-electron chi connectivity index (χ3n) is 3.45. The van der Waals surface area contributed by atoms with Crippen LogP contribution in [0.5, 0.6) is 0 Å². The van der Waals surface area contributed by atoms with E-state index < -0.39 is 27.4 Å². The second kappa shape index (κ2) is 6.93. The van der Waals surface area contributed by atoms with Crippen LogP contribution in [0.2, 0.25) is 0 Å². The van der Waals surface area contributed by atoms with Gasteiger partial charge in [0.25, 0.3) is 5.91 Å². The molecule has 1 aromatic heterocycles. The third-order valence-corrected chi connectivity index (χ3v) is 5.32. The number of nitrogens with one attached hydrogen (secondary N) is 1. The summed E-state index contributed by atoms with van der Waals surface area (Å²) in [5.41, 5.74) is 0.314. The predicted molar refractivity (Wildman–Crippen MR) is 95.0 cm³/mol. The van der Waals surface area contributed by atoms with E-state index in [1.165, 1.54) is 29.6 Å². The van der Waals surface area contributed by atoms with Crippen LogP contribution in [0, 0.1) is 11.6 Å².